The maximum Gasteiger partial charge on any atom is 0.493 e. The fraction of sp³-hybridized carbons (Fsp3) is 0.455. The zero-order valence-electron chi connectivity index (χ0n) is 9.27. The van der Waals surface area contributed by atoms with E-state index in [4.69, 9.17) is 9.31 Å². The predicted molar refractivity (Wildman–Crippen MR) is 62.7 cm³/mol. The van der Waals surface area contributed by atoms with Crippen molar-refractivity contribution in [3.8, 4) is 0 Å². The van der Waals surface area contributed by atoms with Crippen LogP contribution in [0.5, 0.6) is 0 Å². The van der Waals surface area contributed by atoms with Gasteiger partial charge < -0.3 is 14.2 Å². The predicted octanol–water partition coefficient (Wildman–Crippen LogP) is 0.885. The molecule has 0 saturated carbocycles. The quantitative estimate of drug-likeness (QED) is 0.669. The summed E-state index contributed by atoms with van der Waals surface area (Å²) in [5, 5.41) is 0. The van der Waals surface area contributed by atoms with Crippen molar-refractivity contribution in [1.29, 1.82) is 0 Å². The van der Waals surface area contributed by atoms with Crippen LogP contribution in [0.25, 0.3) is 0 Å². The van der Waals surface area contributed by atoms with Crippen LogP contribution >= 0.6 is 0 Å². The van der Waals surface area contributed by atoms with Gasteiger partial charge in [0.2, 0.25) is 0 Å². The Kier molecular flexibility index (Phi) is 3.28. The van der Waals surface area contributed by atoms with Crippen LogP contribution in [0, 0.1) is 0 Å². The third-order valence-electron chi connectivity index (χ3n) is 2.51. The second-order valence-corrected chi connectivity index (χ2v) is 3.91. The van der Waals surface area contributed by atoms with E-state index in [1.807, 2.05) is 14.1 Å². The SMILES string of the molecule is CN(C)c1ccc(B2OCCCO2)cc1. The van der Waals surface area contributed by atoms with Gasteiger partial charge in [0.1, 0.15) is 0 Å². The van der Waals surface area contributed by atoms with Crippen LogP contribution < -0.4 is 10.4 Å². The maximum atomic E-state index is 5.53. The summed E-state index contributed by atoms with van der Waals surface area (Å²) >= 11 is 0. The van der Waals surface area contributed by atoms with Crippen LogP contribution in [0.2, 0.25) is 0 Å². The molecule has 0 N–H and O–H groups in total. The highest BCUT2D eigenvalue weighted by atomic mass is 16.6. The van der Waals surface area contributed by atoms with Gasteiger partial charge in [-0.2, -0.15) is 0 Å². The minimum Gasteiger partial charge on any atom is -0.407 e. The molecule has 1 aromatic carbocycles. The van der Waals surface area contributed by atoms with Gasteiger partial charge in [0.05, 0.1) is 0 Å². The zero-order valence-corrected chi connectivity index (χ0v) is 9.27. The molecule has 0 aliphatic carbocycles. The van der Waals surface area contributed by atoms with Gasteiger partial charge in [0.25, 0.3) is 0 Å². The lowest BCUT2D eigenvalue weighted by molar-refractivity contribution is 0.143. The molecule has 0 unspecified atom stereocenters. The van der Waals surface area contributed by atoms with E-state index < -0.39 is 0 Å². The van der Waals surface area contributed by atoms with E-state index in [1.165, 1.54) is 5.69 Å². The van der Waals surface area contributed by atoms with E-state index >= 15 is 0 Å². The summed E-state index contributed by atoms with van der Waals surface area (Å²) in [6.45, 7) is 1.58. The van der Waals surface area contributed by atoms with Crippen molar-refractivity contribution in [3.63, 3.8) is 0 Å². The number of nitrogens with zero attached hydrogens (tertiary/aromatic N) is 1. The molecule has 80 valence electrons. The van der Waals surface area contributed by atoms with Gasteiger partial charge in [0.15, 0.2) is 0 Å². The molecule has 15 heavy (non-hydrogen) atoms. The average molecular weight is 205 g/mol. The van der Waals surface area contributed by atoms with E-state index in [0.717, 1.165) is 25.1 Å². The molecule has 0 aromatic heterocycles. The number of hydrogen-bond acceptors (Lipinski definition) is 3. The molecule has 0 atom stereocenters. The lowest BCUT2D eigenvalue weighted by Crippen LogP contribution is -2.40. The fourth-order valence-electron chi connectivity index (χ4n) is 1.61. The number of rotatable bonds is 2. The Morgan fingerprint density at radius 2 is 1.67 bits per heavy atom. The summed E-state index contributed by atoms with van der Waals surface area (Å²) in [7, 11) is 3.89. The highest BCUT2D eigenvalue weighted by Gasteiger charge is 2.23. The standard InChI is InChI=1S/C11H16BNO2/c1-13(2)11-6-4-10(5-7-11)12-14-8-3-9-15-12/h4-7H,3,8-9H2,1-2H3. The van der Waals surface area contributed by atoms with Crippen molar-refractivity contribution in [2.24, 2.45) is 0 Å². The van der Waals surface area contributed by atoms with Gasteiger partial charge in [-0.1, -0.05) is 12.1 Å². The molecule has 0 amide bonds. The topological polar surface area (TPSA) is 21.7 Å². The molecule has 1 aliphatic heterocycles. The van der Waals surface area contributed by atoms with Crippen molar-refractivity contribution >= 4 is 18.3 Å². The smallest absolute Gasteiger partial charge is 0.407 e. The third-order valence-corrected chi connectivity index (χ3v) is 2.51. The Labute approximate surface area is 91.1 Å². The molecule has 1 aliphatic rings. The van der Waals surface area contributed by atoms with Crippen molar-refractivity contribution in [2.45, 2.75) is 6.42 Å². The van der Waals surface area contributed by atoms with E-state index in [0.29, 0.717) is 0 Å². The lowest BCUT2D eigenvalue weighted by atomic mass is 9.78. The first-order valence-corrected chi connectivity index (χ1v) is 5.28. The Morgan fingerprint density at radius 3 is 2.20 bits per heavy atom. The monoisotopic (exact) mass is 205 g/mol. The van der Waals surface area contributed by atoms with Crippen LogP contribution in [-0.4, -0.2) is 34.4 Å². The number of hydrogen-bond donors (Lipinski definition) is 0. The van der Waals surface area contributed by atoms with Gasteiger partial charge in [0, 0.05) is 33.0 Å². The highest BCUT2D eigenvalue weighted by molar-refractivity contribution is 6.61. The van der Waals surface area contributed by atoms with Crippen LogP contribution in [0.4, 0.5) is 5.69 Å². The molecular weight excluding hydrogens is 189 g/mol. The van der Waals surface area contributed by atoms with Crippen molar-refractivity contribution < 1.29 is 9.31 Å². The number of anilines is 1. The molecule has 1 aromatic rings. The van der Waals surface area contributed by atoms with E-state index in [-0.39, 0.29) is 7.12 Å². The first-order chi connectivity index (χ1) is 7.27. The first kappa shape index (κ1) is 10.5. The molecule has 1 saturated heterocycles. The van der Waals surface area contributed by atoms with Crippen LogP contribution in [-0.2, 0) is 9.31 Å². The van der Waals surface area contributed by atoms with Gasteiger partial charge in [-0.15, -0.1) is 0 Å². The Balaban J connectivity index is 2.08. The van der Waals surface area contributed by atoms with Gasteiger partial charge in [-0.05, 0) is 24.0 Å². The summed E-state index contributed by atoms with van der Waals surface area (Å²) < 4.78 is 11.1. The minimum absolute atomic E-state index is 0.171. The zero-order chi connectivity index (χ0) is 10.7. The molecule has 1 fully saturated rings. The van der Waals surface area contributed by atoms with Crippen molar-refractivity contribution in [2.75, 3.05) is 32.2 Å². The molecule has 3 nitrogen and oxygen atoms in total. The van der Waals surface area contributed by atoms with Crippen LogP contribution in [0.15, 0.2) is 24.3 Å². The normalized spacial score (nSPS) is 16.5. The Hall–Kier alpha value is -0.995. The average Bonchev–Trinajstić information content (AvgIpc) is 2.30. The van der Waals surface area contributed by atoms with Crippen molar-refractivity contribution in [1.82, 2.24) is 0 Å². The summed E-state index contributed by atoms with van der Waals surface area (Å²) in [4.78, 5) is 2.08. The maximum absolute atomic E-state index is 5.53. The van der Waals surface area contributed by atoms with Gasteiger partial charge in [-0.3, -0.25) is 0 Å². The second kappa shape index (κ2) is 4.68. The summed E-state index contributed by atoms with van der Waals surface area (Å²) in [6.07, 6.45) is 0.992. The Morgan fingerprint density at radius 1 is 1.07 bits per heavy atom. The minimum atomic E-state index is -0.171. The summed E-state index contributed by atoms with van der Waals surface area (Å²) in [5.41, 5.74) is 2.29. The molecule has 0 spiro atoms. The van der Waals surface area contributed by atoms with E-state index in [2.05, 4.69) is 29.2 Å². The van der Waals surface area contributed by atoms with Gasteiger partial charge in [-0.25, -0.2) is 0 Å². The van der Waals surface area contributed by atoms with E-state index in [1.54, 1.807) is 0 Å². The van der Waals surface area contributed by atoms with E-state index in [9.17, 15) is 0 Å². The first-order valence-electron chi connectivity index (χ1n) is 5.28. The largest absolute Gasteiger partial charge is 0.493 e. The second-order valence-electron chi connectivity index (χ2n) is 3.91. The molecule has 1 heterocycles. The number of benzene rings is 1. The Bertz CT molecular complexity index is 307. The molecule has 4 heteroatoms. The molecule has 0 bridgehead atoms. The molecular formula is C11H16BNO2. The van der Waals surface area contributed by atoms with Crippen LogP contribution in [0.3, 0.4) is 0 Å². The third kappa shape index (κ3) is 2.52. The lowest BCUT2D eigenvalue weighted by Gasteiger charge is -2.20. The molecule has 2 rings (SSSR count). The fourth-order valence-corrected chi connectivity index (χ4v) is 1.61. The van der Waals surface area contributed by atoms with Gasteiger partial charge >= 0.3 is 7.12 Å². The molecule has 0 radical (unpaired) electrons. The van der Waals surface area contributed by atoms with Crippen LogP contribution in [0.1, 0.15) is 6.42 Å². The summed E-state index contributed by atoms with van der Waals surface area (Å²) in [6, 6.07) is 8.28. The van der Waals surface area contributed by atoms with Crippen molar-refractivity contribution in [3.05, 3.63) is 24.3 Å². The summed E-state index contributed by atoms with van der Waals surface area (Å²) in [5.74, 6) is 0. The highest BCUT2D eigenvalue weighted by Crippen LogP contribution is 2.09.